The second-order valence-electron chi connectivity index (χ2n) is 3.54. The third kappa shape index (κ3) is 2.16. The monoisotopic (exact) mass is 225 g/mol. The summed E-state index contributed by atoms with van der Waals surface area (Å²) in [6.45, 7) is 2.43. The first-order chi connectivity index (χ1) is 7.83. The van der Waals surface area contributed by atoms with Crippen molar-refractivity contribution in [1.29, 1.82) is 0 Å². The maximum atomic E-state index is 11.8. The lowest BCUT2D eigenvalue weighted by Gasteiger charge is -2.15. The summed E-state index contributed by atoms with van der Waals surface area (Å²) in [6, 6.07) is 0. The highest BCUT2D eigenvalue weighted by atomic mass is 16.5. The molecular formula is C10H15N3O3. The molecule has 0 radical (unpaired) electrons. The minimum absolute atomic E-state index is 0.166. The summed E-state index contributed by atoms with van der Waals surface area (Å²) in [6.07, 6.45) is 2.47. The molecule has 1 N–H and O–H groups in total. The number of aromatic nitrogens is 2. The van der Waals surface area contributed by atoms with Crippen molar-refractivity contribution in [2.75, 3.05) is 26.9 Å². The minimum atomic E-state index is -0.166. The van der Waals surface area contributed by atoms with Gasteiger partial charge in [-0.25, -0.2) is 4.68 Å². The number of hydrogen-bond acceptors (Lipinski definition) is 4. The van der Waals surface area contributed by atoms with Crippen LogP contribution in [0.15, 0.2) is 6.20 Å². The minimum Gasteiger partial charge on any atom is -0.477 e. The van der Waals surface area contributed by atoms with E-state index >= 15 is 0 Å². The normalized spacial score (nSPS) is 14.1. The number of ether oxygens (including phenoxy) is 2. The van der Waals surface area contributed by atoms with Crippen molar-refractivity contribution in [1.82, 2.24) is 15.1 Å². The second kappa shape index (κ2) is 4.98. The van der Waals surface area contributed by atoms with Crippen molar-refractivity contribution in [3.8, 4) is 5.88 Å². The van der Waals surface area contributed by atoms with Gasteiger partial charge < -0.3 is 14.8 Å². The smallest absolute Gasteiger partial charge is 0.258 e. The van der Waals surface area contributed by atoms with Gasteiger partial charge in [0.25, 0.3) is 5.91 Å². The number of hydrogen-bond donors (Lipinski definition) is 1. The van der Waals surface area contributed by atoms with Gasteiger partial charge in [-0.1, -0.05) is 0 Å². The van der Waals surface area contributed by atoms with Crippen LogP contribution in [-0.4, -0.2) is 42.6 Å². The molecule has 0 spiro atoms. The second-order valence-corrected chi connectivity index (χ2v) is 3.54. The molecule has 2 rings (SSSR count). The third-order valence-electron chi connectivity index (χ3n) is 2.38. The van der Waals surface area contributed by atoms with Gasteiger partial charge in [0.1, 0.15) is 5.56 Å². The maximum absolute atomic E-state index is 11.8. The predicted octanol–water partition coefficient (Wildman–Crippen LogP) is 0.0418. The molecule has 6 nitrogen and oxygen atoms in total. The van der Waals surface area contributed by atoms with Gasteiger partial charge in [0.2, 0.25) is 5.88 Å². The highest BCUT2D eigenvalue weighted by molar-refractivity contribution is 5.96. The molecule has 1 aromatic heterocycles. The molecule has 0 unspecified atom stereocenters. The van der Waals surface area contributed by atoms with Crippen molar-refractivity contribution >= 4 is 5.91 Å². The quantitative estimate of drug-likeness (QED) is 0.735. The molecule has 0 saturated heterocycles. The zero-order valence-electron chi connectivity index (χ0n) is 9.23. The number of carbonyl (C=O) groups is 1. The fraction of sp³-hybridized carbons (Fsp3) is 0.600. The van der Waals surface area contributed by atoms with Crippen LogP contribution in [0.25, 0.3) is 0 Å². The largest absolute Gasteiger partial charge is 0.477 e. The van der Waals surface area contributed by atoms with Gasteiger partial charge >= 0.3 is 0 Å². The SMILES string of the molecule is COCCNC(=O)c1cnn2c1OCCC2. The third-order valence-corrected chi connectivity index (χ3v) is 2.38. The lowest BCUT2D eigenvalue weighted by molar-refractivity contribution is 0.0930. The van der Waals surface area contributed by atoms with Crippen LogP contribution in [0, 0.1) is 0 Å². The number of nitrogens with one attached hydrogen (secondary N) is 1. The summed E-state index contributed by atoms with van der Waals surface area (Å²) >= 11 is 0. The fourth-order valence-corrected chi connectivity index (χ4v) is 1.59. The van der Waals surface area contributed by atoms with Crippen LogP contribution in [0.2, 0.25) is 0 Å². The topological polar surface area (TPSA) is 65.4 Å². The van der Waals surface area contributed by atoms with Gasteiger partial charge in [-0.05, 0) is 0 Å². The lowest BCUT2D eigenvalue weighted by atomic mass is 10.3. The van der Waals surface area contributed by atoms with E-state index in [-0.39, 0.29) is 5.91 Å². The molecule has 0 aromatic carbocycles. The molecule has 1 amide bonds. The van der Waals surface area contributed by atoms with Crippen LogP contribution in [0.5, 0.6) is 5.88 Å². The van der Waals surface area contributed by atoms with E-state index in [0.29, 0.717) is 31.2 Å². The Kier molecular flexibility index (Phi) is 3.40. The standard InChI is InChI=1S/C10H15N3O3/c1-15-6-3-11-9(14)8-7-12-13-4-2-5-16-10(8)13/h7H,2-6H2,1H3,(H,11,14). The summed E-state index contributed by atoms with van der Waals surface area (Å²) in [5.74, 6) is 0.404. The van der Waals surface area contributed by atoms with Crippen molar-refractivity contribution in [3.63, 3.8) is 0 Å². The molecule has 1 aromatic rings. The van der Waals surface area contributed by atoms with E-state index < -0.39 is 0 Å². The van der Waals surface area contributed by atoms with Crippen LogP contribution in [0.4, 0.5) is 0 Å². The Hall–Kier alpha value is -1.56. The van der Waals surface area contributed by atoms with Crippen LogP contribution >= 0.6 is 0 Å². The van der Waals surface area contributed by atoms with Gasteiger partial charge in [0.05, 0.1) is 19.4 Å². The lowest BCUT2D eigenvalue weighted by Crippen LogP contribution is -2.27. The highest BCUT2D eigenvalue weighted by Crippen LogP contribution is 2.21. The average Bonchev–Trinajstić information content (AvgIpc) is 2.73. The van der Waals surface area contributed by atoms with Gasteiger partial charge in [0, 0.05) is 26.6 Å². The van der Waals surface area contributed by atoms with Crippen molar-refractivity contribution in [2.45, 2.75) is 13.0 Å². The van der Waals surface area contributed by atoms with Crippen molar-refractivity contribution < 1.29 is 14.3 Å². The van der Waals surface area contributed by atoms with Gasteiger partial charge in [-0.15, -0.1) is 0 Å². The number of nitrogens with zero attached hydrogens (tertiary/aromatic N) is 2. The number of aryl methyl sites for hydroxylation is 1. The van der Waals surface area contributed by atoms with E-state index in [1.165, 1.54) is 0 Å². The molecule has 2 heterocycles. The molecule has 0 bridgehead atoms. The Bertz CT molecular complexity index is 375. The van der Waals surface area contributed by atoms with Crippen LogP contribution < -0.4 is 10.1 Å². The van der Waals surface area contributed by atoms with E-state index in [9.17, 15) is 4.79 Å². The van der Waals surface area contributed by atoms with E-state index in [1.54, 1.807) is 18.0 Å². The average molecular weight is 225 g/mol. The number of rotatable bonds is 4. The Morgan fingerprint density at radius 3 is 3.44 bits per heavy atom. The van der Waals surface area contributed by atoms with E-state index in [2.05, 4.69) is 10.4 Å². The molecule has 88 valence electrons. The van der Waals surface area contributed by atoms with Gasteiger partial charge in [0.15, 0.2) is 0 Å². The maximum Gasteiger partial charge on any atom is 0.258 e. The Labute approximate surface area is 93.5 Å². The van der Waals surface area contributed by atoms with Gasteiger partial charge in [-0.2, -0.15) is 5.10 Å². The van der Waals surface area contributed by atoms with Crippen LogP contribution in [0.3, 0.4) is 0 Å². The molecule has 0 fully saturated rings. The Morgan fingerprint density at radius 1 is 1.75 bits per heavy atom. The molecule has 0 saturated carbocycles. The number of carbonyl (C=O) groups excluding carboxylic acids is 1. The summed E-state index contributed by atoms with van der Waals surface area (Å²) < 4.78 is 12.0. The summed E-state index contributed by atoms with van der Waals surface area (Å²) in [5.41, 5.74) is 0.496. The van der Waals surface area contributed by atoms with Crippen molar-refractivity contribution in [2.24, 2.45) is 0 Å². The van der Waals surface area contributed by atoms with Crippen molar-refractivity contribution in [3.05, 3.63) is 11.8 Å². The number of methoxy groups -OCH3 is 1. The van der Waals surface area contributed by atoms with E-state index in [0.717, 1.165) is 13.0 Å². The molecule has 6 heteroatoms. The summed E-state index contributed by atoms with van der Waals surface area (Å²) in [4.78, 5) is 11.8. The Balaban J connectivity index is 2.03. The molecule has 1 aliphatic rings. The molecule has 1 aliphatic heterocycles. The zero-order valence-corrected chi connectivity index (χ0v) is 9.23. The van der Waals surface area contributed by atoms with Gasteiger partial charge in [-0.3, -0.25) is 4.79 Å². The Morgan fingerprint density at radius 2 is 2.62 bits per heavy atom. The van der Waals surface area contributed by atoms with E-state index in [4.69, 9.17) is 9.47 Å². The summed E-state index contributed by atoms with van der Waals surface area (Å²) in [7, 11) is 1.59. The first-order valence-corrected chi connectivity index (χ1v) is 5.28. The number of amides is 1. The van der Waals surface area contributed by atoms with Crippen LogP contribution in [-0.2, 0) is 11.3 Å². The zero-order chi connectivity index (χ0) is 11.4. The molecular weight excluding hydrogens is 210 g/mol. The molecule has 0 aliphatic carbocycles. The number of fused-ring (bicyclic) bond motifs is 1. The first kappa shape index (κ1) is 10.9. The van der Waals surface area contributed by atoms with Crippen LogP contribution in [0.1, 0.15) is 16.8 Å². The van der Waals surface area contributed by atoms with E-state index in [1.807, 2.05) is 0 Å². The first-order valence-electron chi connectivity index (χ1n) is 5.28. The summed E-state index contributed by atoms with van der Waals surface area (Å²) in [5, 5.41) is 6.84. The fourth-order valence-electron chi connectivity index (χ4n) is 1.59. The highest BCUT2D eigenvalue weighted by Gasteiger charge is 2.20. The molecule has 0 atom stereocenters. The predicted molar refractivity (Wildman–Crippen MR) is 56.5 cm³/mol. The molecule has 16 heavy (non-hydrogen) atoms.